The van der Waals surface area contributed by atoms with E-state index in [1.54, 1.807) is 0 Å². The molecule has 0 aromatic rings. The first kappa shape index (κ1) is 17.3. The van der Waals surface area contributed by atoms with E-state index in [1.807, 2.05) is 6.92 Å². The molecule has 1 amide bonds. The molecule has 118 valence electrons. The molecule has 0 spiro atoms. The average Bonchev–Trinajstić information content (AvgIpc) is 2.42. The van der Waals surface area contributed by atoms with E-state index in [1.165, 1.54) is 0 Å². The lowest BCUT2D eigenvalue weighted by molar-refractivity contribution is -0.186. The monoisotopic (exact) mass is 294 g/mol. The summed E-state index contributed by atoms with van der Waals surface area (Å²) in [5.41, 5.74) is 5.49. The van der Waals surface area contributed by atoms with E-state index in [2.05, 4.69) is 5.32 Å². The quantitative estimate of drug-likeness (QED) is 0.740. The van der Waals surface area contributed by atoms with Crippen LogP contribution in [0.4, 0.5) is 13.2 Å². The number of halogens is 3. The van der Waals surface area contributed by atoms with Crippen LogP contribution in [-0.4, -0.2) is 25.2 Å². The molecule has 1 saturated carbocycles. The van der Waals surface area contributed by atoms with Crippen molar-refractivity contribution in [3.63, 3.8) is 0 Å². The van der Waals surface area contributed by atoms with Gasteiger partial charge in [0.1, 0.15) is 0 Å². The van der Waals surface area contributed by atoms with Crippen molar-refractivity contribution in [1.82, 2.24) is 5.32 Å². The number of hydrogen-bond donors (Lipinski definition) is 2. The lowest BCUT2D eigenvalue weighted by Crippen LogP contribution is -2.37. The van der Waals surface area contributed by atoms with Crippen molar-refractivity contribution in [2.75, 3.05) is 13.1 Å². The van der Waals surface area contributed by atoms with Gasteiger partial charge in [0, 0.05) is 12.5 Å². The van der Waals surface area contributed by atoms with E-state index in [4.69, 9.17) is 5.73 Å². The second kappa shape index (κ2) is 7.86. The lowest BCUT2D eigenvalue weighted by atomic mass is 9.80. The van der Waals surface area contributed by atoms with Crippen LogP contribution in [0.2, 0.25) is 0 Å². The van der Waals surface area contributed by atoms with E-state index in [-0.39, 0.29) is 18.7 Å². The lowest BCUT2D eigenvalue weighted by Gasteiger charge is -2.29. The first-order valence-electron chi connectivity index (χ1n) is 7.39. The Hall–Kier alpha value is -0.780. The largest absolute Gasteiger partial charge is 0.391 e. The summed E-state index contributed by atoms with van der Waals surface area (Å²) in [6.45, 7) is 3.18. The number of nitrogens with two attached hydrogens (primary N) is 1. The minimum atomic E-state index is -4.17. The Morgan fingerprint density at radius 2 is 2.10 bits per heavy atom. The van der Waals surface area contributed by atoms with Gasteiger partial charge in [-0.3, -0.25) is 4.79 Å². The third kappa shape index (κ3) is 5.69. The summed E-state index contributed by atoms with van der Waals surface area (Å²) < 4.78 is 38.0. The van der Waals surface area contributed by atoms with Crippen LogP contribution in [0, 0.1) is 17.8 Å². The van der Waals surface area contributed by atoms with Gasteiger partial charge in [0.15, 0.2) is 0 Å². The van der Waals surface area contributed by atoms with Crippen LogP contribution in [0.25, 0.3) is 0 Å². The fraction of sp³-hybridized carbons (Fsp3) is 0.929. The van der Waals surface area contributed by atoms with Gasteiger partial charge < -0.3 is 11.1 Å². The molecule has 3 unspecified atom stereocenters. The molecule has 6 heteroatoms. The predicted molar refractivity (Wildman–Crippen MR) is 72.0 cm³/mol. The van der Waals surface area contributed by atoms with Crippen LogP contribution in [0.1, 0.15) is 45.4 Å². The van der Waals surface area contributed by atoms with E-state index < -0.39 is 18.0 Å². The Labute approximate surface area is 118 Å². The second-order valence-corrected chi connectivity index (χ2v) is 5.88. The Morgan fingerprint density at radius 3 is 2.70 bits per heavy atom. The predicted octanol–water partition coefficient (Wildman–Crippen LogP) is 2.85. The van der Waals surface area contributed by atoms with Gasteiger partial charge in [-0.15, -0.1) is 0 Å². The topological polar surface area (TPSA) is 55.1 Å². The molecule has 1 aliphatic carbocycles. The van der Waals surface area contributed by atoms with Gasteiger partial charge >= 0.3 is 6.18 Å². The molecule has 1 rings (SSSR count). The first-order valence-corrected chi connectivity index (χ1v) is 7.39. The number of carbonyl (C=O) groups excluding carboxylic acids is 1. The van der Waals surface area contributed by atoms with Gasteiger partial charge in [0.2, 0.25) is 5.91 Å². The van der Waals surface area contributed by atoms with E-state index in [0.29, 0.717) is 31.8 Å². The SMILES string of the molecule is CC(CN)CCCNC(=O)C1CCCC(C(F)(F)F)C1. The number of carbonyl (C=O) groups is 1. The van der Waals surface area contributed by atoms with Crippen LogP contribution < -0.4 is 11.1 Å². The Morgan fingerprint density at radius 1 is 1.40 bits per heavy atom. The minimum absolute atomic E-state index is 0.0610. The van der Waals surface area contributed by atoms with Gasteiger partial charge in [0.05, 0.1) is 5.92 Å². The number of hydrogen-bond acceptors (Lipinski definition) is 2. The molecular weight excluding hydrogens is 269 g/mol. The van der Waals surface area contributed by atoms with Gasteiger partial charge in [-0.1, -0.05) is 13.3 Å². The van der Waals surface area contributed by atoms with Crippen molar-refractivity contribution in [2.24, 2.45) is 23.5 Å². The maximum atomic E-state index is 12.7. The molecular formula is C14H25F3N2O. The smallest absolute Gasteiger partial charge is 0.356 e. The fourth-order valence-corrected chi connectivity index (χ4v) is 2.65. The maximum absolute atomic E-state index is 12.7. The molecule has 20 heavy (non-hydrogen) atoms. The molecule has 0 aliphatic heterocycles. The van der Waals surface area contributed by atoms with Crippen LogP contribution in [0.5, 0.6) is 0 Å². The number of nitrogens with one attached hydrogen (secondary N) is 1. The van der Waals surface area contributed by atoms with Crippen LogP contribution in [-0.2, 0) is 4.79 Å². The van der Waals surface area contributed by atoms with Crippen LogP contribution in [0.15, 0.2) is 0 Å². The number of amides is 1. The number of alkyl halides is 3. The molecule has 3 atom stereocenters. The van der Waals surface area contributed by atoms with Gasteiger partial charge in [0.25, 0.3) is 0 Å². The van der Waals surface area contributed by atoms with Crippen molar-refractivity contribution >= 4 is 5.91 Å². The highest BCUT2D eigenvalue weighted by Gasteiger charge is 2.43. The van der Waals surface area contributed by atoms with Gasteiger partial charge in [-0.25, -0.2) is 0 Å². The van der Waals surface area contributed by atoms with E-state index in [9.17, 15) is 18.0 Å². The van der Waals surface area contributed by atoms with Crippen LogP contribution >= 0.6 is 0 Å². The van der Waals surface area contributed by atoms with Gasteiger partial charge in [-0.05, 0) is 44.6 Å². The molecule has 0 heterocycles. The average molecular weight is 294 g/mol. The summed E-state index contributed by atoms with van der Waals surface area (Å²) in [6, 6.07) is 0. The molecule has 1 fully saturated rings. The summed E-state index contributed by atoms with van der Waals surface area (Å²) in [6.07, 6.45) is -1.29. The zero-order valence-electron chi connectivity index (χ0n) is 12.0. The zero-order valence-corrected chi connectivity index (χ0v) is 12.0. The summed E-state index contributed by atoms with van der Waals surface area (Å²) in [7, 11) is 0. The molecule has 0 aromatic carbocycles. The van der Waals surface area contributed by atoms with Crippen molar-refractivity contribution in [1.29, 1.82) is 0 Å². The van der Waals surface area contributed by atoms with Crippen molar-refractivity contribution < 1.29 is 18.0 Å². The van der Waals surface area contributed by atoms with Gasteiger partial charge in [-0.2, -0.15) is 13.2 Å². The van der Waals surface area contributed by atoms with Crippen molar-refractivity contribution in [3.8, 4) is 0 Å². The first-order chi connectivity index (χ1) is 9.34. The van der Waals surface area contributed by atoms with Crippen molar-refractivity contribution in [3.05, 3.63) is 0 Å². The molecule has 1 aliphatic rings. The molecule has 3 N–H and O–H groups in total. The van der Waals surface area contributed by atoms with E-state index >= 15 is 0 Å². The summed E-state index contributed by atoms with van der Waals surface area (Å²) in [4.78, 5) is 11.9. The molecule has 0 aromatic heterocycles. The highest BCUT2D eigenvalue weighted by Crippen LogP contribution is 2.39. The van der Waals surface area contributed by atoms with Crippen LogP contribution in [0.3, 0.4) is 0 Å². The number of rotatable bonds is 6. The molecule has 0 radical (unpaired) electrons. The summed E-state index contributed by atoms with van der Waals surface area (Å²) >= 11 is 0. The highest BCUT2D eigenvalue weighted by molar-refractivity contribution is 5.78. The molecule has 0 saturated heterocycles. The Kier molecular flexibility index (Phi) is 6.79. The van der Waals surface area contributed by atoms with Crippen molar-refractivity contribution in [2.45, 2.75) is 51.6 Å². The summed E-state index contributed by atoms with van der Waals surface area (Å²) in [5.74, 6) is -1.61. The fourth-order valence-electron chi connectivity index (χ4n) is 2.65. The third-order valence-corrected chi connectivity index (χ3v) is 4.08. The Balaban J connectivity index is 2.29. The molecule has 3 nitrogen and oxygen atoms in total. The summed E-state index contributed by atoms with van der Waals surface area (Å²) in [5, 5.41) is 2.76. The standard InChI is InChI=1S/C14H25F3N2O/c1-10(9-18)4-3-7-19-13(20)11-5-2-6-12(8-11)14(15,16)17/h10-12H,2-9,18H2,1H3,(H,19,20). The zero-order chi connectivity index (χ0) is 15.2. The maximum Gasteiger partial charge on any atom is 0.391 e. The third-order valence-electron chi connectivity index (χ3n) is 4.08. The second-order valence-electron chi connectivity index (χ2n) is 5.88. The van der Waals surface area contributed by atoms with E-state index in [0.717, 1.165) is 12.8 Å². The normalized spacial score (nSPS) is 25.2. The molecule has 0 bridgehead atoms. The Bertz CT molecular complexity index is 307. The highest BCUT2D eigenvalue weighted by atomic mass is 19.4. The minimum Gasteiger partial charge on any atom is -0.356 e.